The number of rotatable bonds is 4. The molecule has 2 saturated heterocycles. The number of likely N-dealkylation sites (tertiary alicyclic amines) is 1. The van der Waals surface area contributed by atoms with Crippen molar-refractivity contribution in [3.63, 3.8) is 0 Å². The van der Waals surface area contributed by atoms with Crippen molar-refractivity contribution in [2.24, 2.45) is 11.8 Å². The van der Waals surface area contributed by atoms with Gasteiger partial charge in [0.2, 0.25) is 0 Å². The maximum Gasteiger partial charge on any atom is 0.122 e. The number of aromatic nitrogens is 1. The normalized spacial score (nSPS) is 29.6. The molecule has 110 valence electrons. The molecular formula is C16H25N3O. The first-order valence-electron chi connectivity index (χ1n) is 7.67. The maximum absolute atomic E-state index is 5.36. The molecule has 20 heavy (non-hydrogen) atoms. The number of pyridine rings is 1. The Kier molecular flexibility index (Phi) is 3.94. The standard InChI is InChI=1S/C16H25N3O/c1-4-16-15-8-17-7-12(15)9-19(16)10-13-6-14(20-3)5-11(2)18-13/h5-6,12,15-17H,4,7-10H2,1-3H3. The first-order chi connectivity index (χ1) is 9.71. The smallest absolute Gasteiger partial charge is 0.122 e. The molecule has 1 N–H and O–H groups in total. The van der Waals surface area contributed by atoms with Crippen LogP contribution in [-0.2, 0) is 6.54 Å². The molecule has 3 unspecified atom stereocenters. The van der Waals surface area contributed by atoms with E-state index in [9.17, 15) is 0 Å². The van der Waals surface area contributed by atoms with Gasteiger partial charge in [0.15, 0.2) is 0 Å². The lowest BCUT2D eigenvalue weighted by molar-refractivity contribution is 0.208. The predicted molar refractivity (Wildman–Crippen MR) is 79.9 cm³/mol. The fourth-order valence-corrected chi connectivity index (χ4v) is 3.96. The third-order valence-electron chi connectivity index (χ3n) is 4.82. The van der Waals surface area contributed by atoms with Gasteiger partial charge in [-0.3, -0.25) is 9.88 Å². The number of hydrogen-bond donors (Lipinski definition) is 1. The minimum Gasteiger partial charge on any atom is -0.497 e. The van der Waals surface area contributed by atoms with E-state index in [-0.39, 0.29) is 0 Å². The highest BCUT2D eigenvalue weighted by Crippen LogP contribution is 2.35. The van der Waals surface area contributed by atoms with Crippen molar-refractivity contribution in [2.45, 2.75) is 32.9 Å². The second-order valence-electron chi connectivity index (χ2n) is 6.13. The van der Waals surface area contributed by atoms with E-state index in [1.165, 1.54) is 26.1 Å². The van der Waals surface area contributed by atoms with Crippen molar-refractivity contribution in [3.8, 4) is 5.75 Å². The van der Waals surface area contributed by atoms with E-state index < -0.39 is 0 Å². The molecule has 0 spiro atoms. The highest BCUT2D eigenvalue weighted by Gasteiger charge is 2.42. The van der Waals surface area contributed by atoms with E-state index in [4.69, 9.17) is 4.74 Å². The van der Waals surface area contributed by atoms with Crippen molar-refractivity contribution < 1.29 is 4.74 Å². The molecule has 3 heterocycles. The Balaban J connectivity index is 1.75. The molecule has 3 rings (SSSR count). The highest BCUT2D eigenvalue weighted by atomic mass is 16.5. The quantitative estimate of drug-likeness (QED) is 0.909. The second-order valence-corrected chi connectivity index (χ2v) is 6.13. The Bertz CT molecular complexity index is 477. The molecular weight excluding hydrogens is 250 g/mol. The Morgan fingerprint density at radius 2 is 2.25 bits per heavy atom. The Morgan fingerprint density at radius 3 is 3.00 bits per heavy atom. The fraction of sp³-hybridized carbons (Fsp3) is 0.688. The molecule has 4 nitrogen and oxygen atoms in total. The van der Waals surface area contributed by atoms with Gasteiger partial charge in [0.1, 0.15) is 5.75 Å². The molecule has 4 heteroatoms. The molecule has 0 bridgehead atoms. The van der Waals surface area contributed by atoms with Crippen LogP contribution in [0.25, 0.3) is 0 Å². The summed E-state index contributed by atoms with van der Waals surface area (Å²) >= 11 is 0. The average Bonchev–Trinajstić information content (AvgIpc) is 2.98. The van der Waals surface area contributed by atoms with Crippen LogP contribution in [0.3, 0.4) is 0 Å². The Morgan fingerprint density at radius 1 is 1.40 bits per heavy atom. The van der Waals surface area contributed by atoms with Crippen molar-refractivity contribution in [2.75, 3.05) is 26.7 Å². The molecule has 0 radical (unpaired) electrons. The molecule has 1 aromatic rings. The van der Waals surface area contributed by atoms with Crippen LogP contribution in [0, 0.1) is 18.8 Å². The first kappa shape index (κ1) is 13.8. The van der Waals surface area contributed by atoms with Gasteiger partial charge in [-0.05, 0) is 38.3 Å². The molecule has 2 aliphatic heterocycles. The summed E-state index contributed by atoms with van der Waals surface area (Å²) in [6.45, 7) is 8.86. The van der Waals surface area contributed by atoms with E-state index in [2.05, 4.69) is 28.2 Å². The van der Waals surface area contributed by atoms with Crippen LogP contribution in [0.4, 0.5) is 0 Å². The topological polar surface area (TPSA) is 37.4 Å². The van der Waals surface area contributed by atoms with Crippen LogP contribution in [0.2, 0.25) is 0 Å². The first-order valence-corrected chi connectivity index (χ1v) is 7.67. The highest BCUT2D eigenvalue weighted by molar-refractivity contribution is 5.26. The number of ether oxygens (including phenoxy) is 1. The van der Waals surface area contributed by atoms with E-state index in [1.807, 2.05) is 13.0 Å². The molecule has 2 aliphatic rings. The number of hydrogen-bond acceptors (Lipinski definition) is 4. The summed E-state index contributed by atoms with van der Waals surface area (Å²) in [7, 11) is 1.72. The molecule has 1 aromatic heterocycles. The lowest BCUT2D eigenvalue weighted by atomic mass is 9.93. The lowest BCUT2D eigenvalue weighted by Crippen LogP contribution is -2.34. The number of aryl methyl sites for hydroxylation is 1. The van der Waals surface area contributed by atoms with Crippen LogP contribution in [-0.4, -0.2) is 42.7 Å². The van der Waals surface area contributed by atoms with Crippen molar-refractivity contribution in [1.29, 1.82) is 0 Å². The number of methoxy groups -OCH3 is 1. The van der Waals surface area contributed by atoms with Gasteiger partial charge in [-0.25, -0.2) is 0 Å². The van der Waals surface area contributed by atoms with Gasteiger partial charge in [-0.2, -0.15) is 0 Å². The third kappa shape index (κ3) is 2.54. The van der Waals surface area contributed by atoms with Gasteiger partial charge >= 0.3 is 0 Å². The van der Waals surface area contributed by atoms with Gasteiger partial charge in [0.25, 0.3) is 0 Å². The number of nitrogens with one attached hydrogen (secondary N) is 1. The van der Waals surface area contributed by atoms with Crippen molar-refractivity contribution in [1.82, 2.24) is 15.2 Å². The largest absolute Gasteiger partial charge is 0.497 e. The van der Waals surface area contributed by atoms with Gasteiger partial charge in [-0.1, -0.05) is 6.92 Å². The van der Waals surface area contributed by atoms with Crippen molar-refractivity contribution >= 4 is 0 Å². The summed E-state index contributed by atoms with van der Waals surface area (Å²) in [5, 5.41) is 3.54. The molecule has 0 amide bonds. The summed E-state index contributed by atoms with van der Waals surface area (Å²) in [4.78, 5) is 7.29. The summed E-state index contributed by atoms with van der Waals surface area (Å²) in [6, 6.07) is 4.76. The third-order valence-corrected chi connectivity index (χ3v) is 4.82. The van der Waals surface area contributed by atoms with Gasteiger partial charge < -0.3 is 10.1 Å². The Labute approximate surface area is 121 Å². The minimum absolute atomic E-state index is 0.698. The van der Waals surface area contributed by atoms with Gasteiger partial charge in [-0.15, -0.1) is 0 Å². The maximum atomic E-state index is 5.36. The van der Waals surface area contributed by atoms with E-state index in [0.717, 1.165) is 35.5 Å². The zero-order valence-corrected chi connectivity index (χ0v) is 12.7. The van der Waals surface area contributed by atoms with Crippen LogP contribution in [0.1, 0.15) is 24.7 Å². The van der Waals surface area contributed by atoms with E-state index in [0.29, 0.717) is 6.04 Å². The summed E-state index contributed by atoms with van der Waals surface area (Å²) < 4.78 is 5.36. The van der Waals surface area contributed by atoms with Gasteiger partial charge in [0.05, 0.1) is 12.8 Å². The monoisotopic (exact) mass is 275 g/mol. The van der Waals surface area contributed by atoms with E-state index >= 15 is 0 Å². The van der Waals surface area contributed by atoms with E-state index in [1.54, 1.807) is 7.11 Å². The fourth-order valence-electron chi connectivity index (χ4n) is 3.96. The van der Waals surface area contributed by atoms with Crippen LogP contribution in [0.5, 0.6) is 5.75 Å². The van der Waals surface area contributed by atoms with Crippen molar-refractivity contribution in [3.05, 3.63) is 23.5 Å². The molecule has 3 atom stereocenters. The predicted octanol–water partition coefficient (Wildman–Crippen LogP) is 1.83. The molecule has 0 aliphatic carbocycles. The second kappa shape index (κ2) is 5.70. The van der Waals surface area contributed by atoms with Gasteiger partial charge in [0, 0.05) is 37.0 Å². The summed E-state index contributed by atoms with van der Waals surface area (Å²) in [5.41, 5.74) is 2.17. The number of nitrogens with zero attached hydrogens (tertiary/aromatic N) is 2. The minimum atomic E-state index is 0.698. The molecule has 2 fully saturated rings. The SMILES string of the molecule is CCC1C2CNCC2CN1Cc1cc(OC)cc(C)n1. The summed E-state index contributed by atoms with van der Waals surface area (Å²) in [5.74, 6) is 2.57. The van der Waals surface area contributed by atoms with Crippen LogP contribution >= 0.6 is 0 Å². The average molecular weight is 275 g/mol. The number of fused-ring (bicyclic) bond motifs is 1. The lowest BCUT2D eigenvalue weighted by Gasteiger charge is -2.26. The summed E-state index contributed by atoms with van der Waals surface area (Å²) in [6.07, 6.45) is 1.23. The molecule has 0 saturated carbocycles. The molecule has 0 aromatic carbocycles. The zero-order chi connectivity index (χ0) is 14.1. The van der Waals surface area contributed by atoms with Crippen LogP contribution < -0.4 is 10.1 Å². The zero-order valence-electron chi connectivity index (χ0n) is 12.7. The van der Waals surface area contributed by atoms with Crippen LogP contribution in [0.15, 0.2) is 12.1 Å². The Hall–Kier alpha value is -1.13.